The van der Waals surface area contributed by atoms with Crippen molar-refractivity contribution in [1.29, 1.82) is 0 Å². The van der Waals surface area contributed by atoms with Gasteiger partial charge in [0, 0.05) is 24.1 Å². The molecular formula is C19H21FN6O3S. The number of carbonyl (C=O) groups is 3. The van der Waals surface area contributed by atoms with E-state index in [4.69, 9.17) is 0 Å². The van der Waals surface area contributed by atoms with E-state index in [0.717, 1.165) is 16.7 Å². The Morgan fingerprint density at radius 3 is 2.70 bits per heavy atom. The summed E-state index contributed by atoms with van der Waals surface area (Å²) >= 11 is 0.741. The van der Waals surface area contributed by atoms with E-state index in [1.54, 1.807) is 12.1 Å². The Kier molecular flexibility index (Phi) is 6.30. The van der Waals surface area contributed by atoms with Crippen LogP contribution in [0.15, 0.2) is 29.2 Å². The number of nitrogens with one attached hydrogen (secondary N) is 1. The van der Waals surface area contributed by atoms with E-state index in [-0.39, 0.29) is 41.4 Å². The van der Waals surface area contributed by atoms with Crippen molar-refractivity contribution in [2.45, 2.75) is 32.7 Å². The van der Waals surface area contributed by atoms with E-state index >= 15 is 0 Å². The molecule has 0 atom stereocenters. The highest BCUT2D eigenvalue weighted by Crippen LogP contribution is 2.32. The van der Waals surface area contributed by atoms with E-state index in [2.05, 4.69) is 20.8 Å². The molecule has 30 heavy (non-hydrogen) atoms. The van der Waals surface area contributed by atoms with Gasteiger partial charge in [-0.1, -0.05) is 39.0 Å². The minimum atomic E-state index is -0.516. The molecule has 0 aliphatic carbocycles. The molecule has 0 spiro atoms. The number of halogens is 1. The molecule has 1 saturated heterocycles. The Morgan fingerprint density at radius 2 is 2.00 bits per heavy atom. The molecule has 1 N–H and O–H groups in total. The first kappa shape index (κ1) is 21.6. The van der Waals surface area contributed by atoms with Crippen LogP contribution in [0.2, 0.25) is 0 Å². The number of amides is 3. The molecule has 0 radical (unpaired) electrons. The van der Waals surface area contributed by atoms with Crippen LogP contribution in [-0.4, -0.2) is 55.3 Å². The van der Waals surface area contributed by atoms with E-state index in [0.29, 0.717) is 5.82 Å². The molecular weight excluding hydrogens is 411 g/mol. The first-order chi connectivity index (χ1) is 14.2. The number of thioether (sulfide) groups is 1. The number of imide groups is 1. The lowest BCUT2D eigenvalue weighted by atomic mass is 9.96. The lowest BCUT2D eigenvalue weighted by molar-refractivity contribution is -0.124. The van der Waals surface area contributed by atoms with Crippen molar-refractivity contribution in [3.63, 3.8) is 0 Å². The van der Waals surface area contributed by atoms with Crippen molar-refractivity contribution in [2.24, 2.45) is 0 Å². The average Bonchev–Trinajstić information content (AvgIpc) is 3.23. The number of carbonyl (C=O) groups excluding carboxylic acids is 3. The largest absolute Gasteiger partial charge is 0.353 e. The predicted octanol–water partition coefficient (Wildman–Crippen LogP) is 1.96. The van der Waals surface area contributed by atoms with Crippen molar-refractivity contribution >= 4 is 34.9 Å². The van der Waals surface area contributed by atoms with Gasteiger partial charge in [-0.2, -0.15) is 0 Å². The molecule has 3 rings (SSSR count). The third-order valence-corrected chi connectivity index (χ3v) is 5.13. The summed E-state index contributed by atoms with van der Waals surface area (Å²) in [4.78, 5) is 38.0. The maximum absolute atomic E-state index is 13.8. The van der Waals surface area contributed by atoms with Gasteiger partial charge in [0.25, 0.3) is 11.1 Å². The summed E-state index contributed by atoms with van der Waals surface area (Å²) in [6.45, 7) is 5.81. The van der Waals surface area contributed by atoms with Gasteiger partial charge in [0.2, 0.25) is 5.91 Å². The Labute approximate surface area is 176 Å². The zero-order valence-electron chi connectivity index (χ0n) is 16.8. The number of rotatable bonds is 6. The van der Waals surface area contributed by atoms with Crippen LogP contribution in [0.25, 0.3) is 6.08 Å². The Morgan fingerprint density at radius 1 is 1.27 bits per heavy atom. The third-order valence-electron chi connectivity index (χ3n) is 4.22. The van der Waals surface area contributed by atoms with Gasteiger partial charge < -0.3 is 5.32 Å². The summed E-state index contributed by atoms with van der Waals surface area (Å²) in [6.07, 6.45) is 1.35. The van der Waals surface area contributed by atoms with Gasteiger partial charge in [0.1, 0.15) is 12.4 Å². The lowest BCUT2D eigenvalue weighted by Gasteiger charge is -2.17. The summed E-state index contributed by atoms with van der Waals surface area (Å²) in [5.41, 5.74) is -0.0940. The van der Waals surface area contributed by atoms with Gasteiger partial charge in [-0.25, -0.2) is 9.07 Å². The minimum Gasteiger partial charge on any atom is -0.353 e. The molecule has 1 aliphatic heterocycles. The summed E-state index contributed by atoms with van der Waals surface area (Å²) in [5, 5.41) is 13.6. The molecule has 11 heteroatoms. The number of benzene rings is 1. The van der Waals surface area contributed by atoms with Crippen molar-refractivity contribution < 1.29 is 18.8 Å². The molecule has 0 unspecified atom stereocenters. The Balaban J connectivity index is 1.56. The maximum atomic E-state index is 13.8. The first-order valence-corrected chi connectivity index (χ1v) is 10.0. The standard InChI is InChI=1S/C19H21FN6O3S/c1-19(2,3)17-22-23-24-26(17)11-15(27)21-8-9-25-16(28)14(30-18(25)29)10-12-6-4-5-7-13(12)20/h4-7,10H,8-9,11H2,1-3H3,(H,21,27)/b14-10-. The zero-order valence-corrected chi connectivity index (χ0v) is 17.6. The quantitative estimate of drug-likeness (QED) is 0.695. The average molecular weight is 432 g/mol. The summed E-state index contributed by atoms with van der Waals surface area (Å²) in [7, 11) is 0. The van der Waals surface area contributed by atoms with Crippen molar-refractivity contribution in [3.8, 4) is 0 Å². The second-order valence-electron chi connectivity index (χ2n) is 7.61. The van der Waals surface area contributed by atoms with Crippen LogP contribution >= 0.6 is 11.8 Å². The van der Waals surface area contributed by atoms with Crippen LogP contribution in [0, 0.1) is 5.82 Å². The normalized spacial score (nSPS) is 15.9. The molecule has 1 aliphatic rings. The lowest BCUT2D eigenvalue weighted by Crippen LogP contribution is -2.38. The fourth-order valence-electron chi connectivity index (χ4n) is 2.77. The Bertz CT molecular complexity index is 1010. The highest BCUT2D eigenvalue weighted by molar-refractivity contribution is 8.18. The smallest absolute Gasteiger partial charge is 0.293 e. The van der Waals surface area contributed by atoms with E-state index in [1.165, 1.54) is 22.9 Å². The van der Waals surface area contributed by atoms with Crippen molar-refractivity contribution in [2.75, 3.05) is 13.1 Å². The van der Waals surface area contributed by atoms with Gasteiger partial charge >= 0.3 is 0 Å². The second-order valence-corrected chi connectivity index (χ2v) is 8.61. The fraction of sp³-hybridized carbons (Fsp3) is 0.368. The second kappa shape index (κ2) is 8.74. The highest BCUT2D eigenvalue weighted by Gasteiger charge is 2.34. The van der Waals surface area contributed by atoms with Crippen LogP contribution in [0.4, 0.5) is 9.18 Å². The molecule has 0 bridgehead atoms. The van der Waals surface area contributed by atoms with Gasteiger partial charge in [0.15, 0.2) is 5.82 Å². The SMILES string of the molecule is CC(C)(C)c1nnnn1CC(=O)NCCN1C(=O)S/C(=C\c2ccccc2F)C1=O. The highest BCUT2D eigenvalue weighted by atomic mass is 32.2. The van der Waals surface area contributed by atoms with E-state index in [1.807, 2.05) is 20.8 Å². The van der Waals surface area contributed by atoms with Gasteiger partial charge in [0.05, 0.1) is 4.91 Å². The number of tetrazole rings is 1. The number of aromatic nitrogens is 4. The van der Waals surface area contributed by atoms with Gasteiger partial charge in [-0.3, -0.25) is 19.3 Å². The predicted molar refractivity (Wildman–Crippen MR) is 109 cm³/mol. The zero-order chi connectivity index (χ0) is 21.9. The first-order valence-electron chi connectivity index (χ1n) is 9.20. The van der Waals surface area contributed by atoms with Gasteiger partial charge in [-0.15, -0.1) is 5.10 Å². The number of hydrogen-bond acceptors (Lipinski definition) is 7. The molecule has 0 saturated carbocycles. The number of hydrogen-bond donors (Lipinski definition) is 1. The summed E-state index contributed by atoms with van der Waals surface area (Å²) in [6, 6.07) is 5.99. The molecule has 3 amide bonds. The fourth-order valence-corrected chi connectivity index (χ4v) is 3.63. The Hall–Kier alpha value is -3.08. The monoisotopic (exact) mass is 432 g/mol. The minimum absolute atomic E-state index is 0.00670. The third kappa shape index (κ3) is 4.90. The molecule has 2 aromatic rings. The summed E-state index contributed by atoms with van der Waals surface area (Å²) in [5.74, 6) is -0.768. The molecule has 1 aromatic carbocycles. The molecule has 9 nitrogen and oxygen atoms in total. The molecule has 2 heterocycles. The molecule has 1 fully saturated rings. The van der Waals surface area contributed by atoms with Crippen molar-refractivity contribution in [1.82, 2.24) is 30.4 Å². The topological polar surface area (TPSA) is 110 Å². The van der Waals surface area contributed by atoms with Crippen molar-refractivity contribution in [3.05, 3.63) is 46.4 Å². The summed E-state index contributed by atoms with van der Waals surface area (Å²) < 4.78 is 15.2. The van der Waals surface area contributed by atoms with Crippen LogP contribution < -0.4 is 5.32 Å². The molecule has 1 aromatic heterocycles. The van der Waals surface area contributed by atoms with E-state index in [9.17, 15) is 18.8 Å². The van der Waals surface area contributed by atoms with Crippen LogP contribution in [0.3, 0.4) is 0 Å². The van der Waals surface area contributed by atoms with Crippen LogP contribution in [0.5, 0.6) is 0 Å². The maximum Gasteiger partial charge on any atom is 0.293 e. The molecule has 158 valence electrons. The van der Waals surface area contributed by atoms with E-state index < -0.39 is 17.0 Å². The number of nitrogens with zero attached hydrogens (tertiary/aromatic N) is 5. The van der Waals surface area contributed by atoms with Gasteiger partial charge in [-0.05, 0) is 34.3 Å². The van der Waals surface area contributed by atoms with Crippen LogP contribution in [-0.2, 0) is 21.5 Å². The van der Waals surface area contributed by atoms with Crippen LogP contribution in [0.1, 0.15) is 32.2 Å².